The van der Waals surface area contributed by atoms with Crippen LogP contribution in [0.5, 0.6) is 0 Å². The van der Waals surface area contributed by atoms with Crippen molar-refractivity contribution in [1.82, 2.24) is 5.32 Å². The number of rotatable bonds is 1. The Morgan fingerprint density at radius 2 is 1.87 bits per heavy atom. The third-order valence-electron chi connectivity index (χ3n) is 3.91. The van der Waals surface area contributed by atoms with Gasteiger partial charge in [-0.1, -0.05) is 24.3 Å². The average Bonchev–Trinajstić information content (AvgIpc) is 2.83. The van der Waals surface area contributed by atoms with E-state index < -0.39 is 0 Å². The van der Waals surface area contributed by atoms with Gasteiger partial charge in [0.2, 0.25) is 0 Å². The molecule has 3 N–H and O–H groups in total. The molecule has 0 aromatic heterocycles. The molecule has 0 unspecified atom stereocenters. The van der Waals surface area contributed by atoms with Gasteiger partial charge >= 0.3 is 0 Å². The molecule has 1 fully saturated rings. The van der Waals surface area contributed by atoms with E-state index >= 15 is 0 Å². The van der Waals surface area contributed by atoms with Gasteiger partial charge in [-0.05, 0) is 43.4 Å². The van der Waals surface area contributed by atoms with Crippen LogP contribution in [0.3, 0.4) is 0 Å². The van der Waals surface area contributed by atoms with Gasteiger partial charge in [-0.3, -0.25) is 0 Å². The summed E-state index contributed by atoms with van der Waals surface area (Å²) in [5, 5.41) is 3.55. The lowest BCUT2D eigenvalue weighted by Gasteiger charge is -2.31. The minimum atomic E-state index is -0.0276. The molecule has 0 spiro atoms. The summed E-state index contributed by atoms with van der Waals surface area (Å²) in [6.45, 7) is 1.14. The maximum Gasteiger partial charge on any atom is 0.0391 e. The first-order valence-corrected chi connectivity index (χ1v) is 5.87. The van der Waals surface area contributed by atoms with E-state index in [-0.39, 0.29) is 5.54 Å². The largest absolute Gasteiger partial charge is 0.323 e. The van der Waals surface area contributed by atoms with Crippen LogP contribution < -0.4 is 11.1 Å². The van der Waals surface area contributed by atoms with Crippen molar-refractivity contribution in [2.24, 2.45) is 5.73 Å². The molecule has 0 amide bonds. The molecule has 1 heterocycles. The molecule has 0 radical (unpaired) electrons. The second kappa shape index (κ2) is 3.32. The number of hydrogen-bond donors (Lipinski definition) is 2. The lowest BCUT2D eigenvalue weighted by atomic mass is 9.87. The number of nitrogens with two attached hydrogens (primary N) is 1. The van der Waals surface area contributed by atoms with Crippen LogP contribution in [-0.4, -0.2) is 18.1 Å². The summed E-state index contributed by atoms with van der Waals surface area (Å²) >= 11 is 0. The molecule has 0 bridgehead atoms. The van der Waals surface area contributed by atoms with Gasteiger partial charge in [0.15, 0.2) is 0 Å². The molecule has 1 aromatic carbocycles. The van der Waals surface area contributed by atoms with E-state index in [2.05, 4.69) is 29.6 Å². The minimum absolute atomic E-state index is 0.0276. The van der Waals surface area contributed by atoms with Crippen LogP contribution in [0.1, 0.15) is 24.0 Å². The first kappa shape index (κ1) is 9.37. The monoisotopic (exact) mass is 202 g/mol. The van der Waals surface area contributed by atoms with Crippen molar-refractivity contribution in [3.8, 4) is 0 Å². The maximum atomic E-state index is 6.55. The van der Waals surface area contributed by atoms with Crippen molar-refractivity contribution in [3.63, 3.8) is 0 Å². The smallest absolute Gasteiger partial charge is 0.0391 e. The summed E-state index contributed by atoms with van der Waals surface area (Å²) in [6, 6.07) is 9.20. The van der Waals surface area contributed by atoms with Gasteiger partial charge in [-0.2, -0.15) is 0 Å². The van der Waals surface area contributed by atoms with E-state index in [4.69, 9.17) is 5.73 Å². The van der Waals surface area contributed by atoms with Crippen molar-refractivity contribution >= 4 is 0 Å². The topological polar surface area (TPSA) is 38.0 Å². The Kier molecular flexibility index (Phi) is 2.08. The molecule has 2 nitrogen and oxygen atoms in total. The summed E-state index contributed by atoms with van der Waals surface area (Å²) < 4.78 is 0. The molecule has 0 saturated carbocycles. The highest BCUT2D eigenvalue weighted by Gasteiger charge is 2.41. The van der Waals surface area contributed by atoms with Crippen molar-refractivity contribution < 1.29 is 0 Å². The zero-order valence-electron chi connectivity index (χ0n) is 9.00. The average molecular weight is 202 g/mol. The summed E-state index contributed by atoms with van der Waals surface area (Å²) in [4.78, 5) is 0. The predicted octanol–water partition coefficient (Wildman–Crippen LogP) is 1.23. The van der Waals surface area contributed by atoms with Gasteiger partial charge in [0.25, 0.3) is 0 Å². The SMILES string of the molecule is NC1([C@@H]2CCCN2)Cc2ccccc2C1. The van der Waals surface area contributed by atoms with Crippen molar-refractivity contribution in [2.45, 2.75) is 37.3 Å². The van der Waals surface area contributed by atoms with E-state index in [1.54, 1.807) is 0 Å². The molecular weight excluding hydrogens is 184 g/mol. The van der Waals surface area contributed by atoms with Crippen LogP contribution in [0, 0.1) is 0 Å². The Hall–Kier alpha value is -0.860. The van der Waals surface area contributed by atoms with E-state index in [1.165, 1.54) is 24.0 Å². The third-order valence-corrected chi connectivity index (χ3v) is 3.91. The van der Waals surface area contributed by atoms with Gasteiger partial charge in [-0.15, -0.1) is 0 Å². The van der Waals surface area contributed by atoms with Crippen molar-refractivity contribution in [2.75, 3.05) is 6.54 Å². The van der Waals surface area contributed by atoms with Gasteiger partial charge in [-0.25, -0.2) is 0 Å². The minimum Gasteiger partial charge on any atom is -0.323 e. The van der Waals surface area contributed by atoms with Crippen LogP contribution in [-0.2, 0) is 12.8 Å². The van der Waals surface area contributed by atoms with E-state index in [0.29, 0.717) is 6.04 Å². The molecule has 1 aliphatic heterocycles. The van der Waals surface area contributed by atoms with E-state index in [0.717, 1.165) is 19.4 Å². The second-order valence-electron chi connectivity index (χ2n) is 5.00. The second-order valence-corrected chi connectivity index (χ2v) is 5.00. The van der Waals surface area contributed by atoms with Crippen LogP contribution in [0.25, 0.3) is 0 Å². The summed E-state index contributed by atoms with van der Waals surface area (Å²) in [5.41, 5.74) is 9.43. The molecule has 1 saturated heterocycles. The zero-order valence-corrected chi connectivity index (χ0v) is 9.00. The molecule has 2 aliphatic rings. The van der Waals surface area contributed by atoms with E-state index in [1.807, 2.05) is 0 Å². The summed E-state index contributed by atoms with van der Waals surface area (Å²) in [6.07, 6.45) is 4.60. The predicted molar refractivity (Wildman–Crippen MR) is 61.8 cm³/mol. The zero-order chi connectivity index (χ0) is 10.3. The van der Waals surface area contributed by atoms with Crippen molar-refractivity contribution in [1.29, 1.82) is 0 Å². The fourth-order valence-electron chi connectivity index (χ4n) is 3.10. The Labute approximate surface area is 90.9 Å². The molecule has 80 valence electrons. The Morgan fingerprint density at radius 3 is 2.40 bits per heavy atom. The summed E-state index contributed by atoms with van der Waals surface area (Å²) in [7, 11) is 0. The molecular formula is C13H18N2. The molecule has 15 heavy (non-hydrogen) atoms. The number of fused-ring (bicyclic) bond motifs is 1. The first-order valence-electron chi connectivity index (χ1n) is 5.87. The van der Waals surface area contributed by atoms with Crippen LogP contribution in [0.15, 0.2) is 24.3 Å². The van der Waals surface area contributed by atoms with Crippen LogP contribution in [0.2, 0.25) is 0 Å². The first-order chi connectivity index (χ1) is 7.28. The molecule has 1 aromatic rings. The maximum absolute atomic E-state index is 6.55. The Balaban J connectivity index is 1.87. The standard InChI is InChI=1S/C13H18N2/c14-13(12-6-3-7-15-12)8-10-4-1-2-5-11(10)9-13/h1-2,4-5,12,15H,3,6-9,14H2/t12-/m0/s1. The van der Waals surface area contributed by atoms with E-state index in [9.17, 15) is 0 Å². The Bertz CT molecular complexity index is 342. The van der Waals surface area contributed by atoms with Gasteiger partial charge in [0.05, 0.1) is 0 Å². The Morgan fingerprint density at radius 1 is 1.20 bits per heavy atom. The van der Waals surface area contributed by atoms with Crippen molar-refractivity contribution in [3.05, 3.63) is 35.4 Å². The normalized spacial score (nSPS) is 27.9. The van der Waals surface area contributed by atoms with Crippen LogP contribution in [0.4, 0.5) is 0 Å². The molecule has 2 heteroatoms. The fourth-order valence-corrected chi connectivity index (χ4v) is 3.10. The highest BCUT2D eigenvalue weighted by atomic mass is 15.0. The summed E-state index contributed by atoms with van der Waals surface area (Å²) in [5.74, 6) is 0. The van der Waals surface area contributed by atoms with Crippen LogP contribution >= 0.6 is 0 Å². The fraction of sp³-hybridized carbons (Fsp3) is 0.538. The number of hydrogen-bond acceptors (Lipinski definition) is 2. The lowest BCUT2D eigenvalue weighted by Crippen LogP contribution is -2.55. The molecule has 1 aliphatic carbocycles. The highest BCUT2D eigenvalue weighted by Crippen LogP contribution is 2.33. The number of nitrogens with one attached hydrogen (secondary N) is 1. The quantitative estimate of drug-likeness (QED) is 0.719. The molecule has 1 atom stereocenters. The third kappa shape index (κ3) is 1.48. The van der Waals surface area contributed by atoms with Gasteiger partial charge in [0.1, 0.15) is 0 Å². The highest BCUT2D eigenvalue weighted by molar-refractivity contribution is 5.37. The van der Waals surface area contributed by atoms with Gasteiger partial charge in [0, 0.05) is 11.6 Å². The lowest BCUT2D eigenvalue weighted by molar-refractivity contribution is 0.333. The molecule has 3 rings (SSSR count). The number of benzene rings is 1. The van der Waals surface area contributed by atoms with Gasteiger partial charge < -0.3 is 11.1 Å².